The summed E-state index contributed by atoms with van der Waals surface area (Å²) >= 11 is 19.8. The van der Waals surface area contributed by atoms with Crippen LogP contribution in [0.5, 0.6) is 0 Å². The summed E-state index contributed by atoms with van der Waals surface area (Å²) in [4.78, 5) is 24.6. The largest absolute Gasteiger partial charge is 0.296 e. The van der Waals surface area contributed by atoms with Gasteiger partial charge >= 0.3 is 0 Å². The fourth-order valence-electron chi connectivity index (χ4n) is 3.60. The number of ketones is 2. The molecule has 0 aliphatic heterocycles. The Morgan fingerprint density at radius 3 is 2.23 bits per heavy atom. The summed E-state index contributed by atoms with van der Waals surface area (Å²) in [5, 5.41) is -1.62. The van der Waals surface area contributed by atoms with Gasteiger partial charge in [0.1, 0.15) is 10.3 Å². The second-order valence-electron chi connectivity index (χ2n) is 6.61. The van der Waals surface area contributed by atoms with Crippen molar-refractivity contribution < 1.29 is 9.59 Å². The van der Waals surface area contributed by atoms with Gasteiger partial charge in [0.05, 0.1) is 5.38 Å². The summed E-state index contributed by atoms with van der Waals surface area (Å²) in [6.45, 7) is 0. The molecule has 2 aromatic carbocycles. The second kappa shape index (κ2) is 8.12. The maximum absolute atomic E-state index is 13.0. The molecule has 0 aromatic heterocycles. The average molecular weight is 410 g/mol. The fraction of sp³-hybridized carbons (Fsp3) is 0.333. The van der Waals surface area contributed by atoms with E-state index in [1.165, 1.54) is 0 Å². The molecule has 1 saturated carbocycles. The molecule has 0 bridgehead atoms. The van der Waals surface area contributed by atoms with Gasteiger partial charge in [-0.25, -0.2) is 0 Å². The predicted octanol–water partition coefficient (Wildman–Crippen LogP) is 5.60. The normalized spacial score (nSPS) is 25.5. The molecule has 0 radical (unpaired) electrons. The van der Waals surface area contributed by atoms with Crippen LogP contribution in [0.4, 0.5) is 0 Å². The monoisotopic (exact) mass is 408 g/mol. The van der Waals surface area contributed by atoms with Crippen LogP contribution in [0.25, 0.3) is 0 Å². The smallest absolute Gasteiger partial charge is 0.181 e. The minimum atomic E-state index is -1.29. The van der Waals surface area contributed by atoms with E-state index in [1.54, 1.807) is 24.3 Å². The van der Waals surface area contributed by atoms with E-state index in [4.69, 9.17) is 34.8 Å². The SMILES string of the molecule is O=C(c1ccccc1)C(Cl)C(c1ccccc1)C1(Cl)CCCC(Cl)C1=O. The Hall–Kier alpha value is -1.35. The minimum absolute atomic E-state index is 0.243. The van der Waals surface area contributed by atoms with Crippen molar-refractivity contribution in [3.05, 3.63) is 71.8 Å². The molecule has 1 fully saturated rings. The van der Waals surface area contributed by atoms with Crippen molar-refractivity contribution in [2.24, 2.45) is 0 Å². The lowest BCUT2D eigenvalue weighted by Crippen LogP contribution is -2.50. The van der Waals surface area contributed by atoms with Crippen LogP contribution in [0.1, 0.15) is 41.1 Å². The number of carbonyl (C=O) groups excluding carboxylic acids is 2. The zero-order valence-corrected chi connectivity index (χ0v) is 16.3. The lowest BCUT2D eigenvalue weighted by molar-refractivity contribution is -0.123. The third-order valence-corrected chi connectivity index (χ3v) is 6.42. The Morgan fingerprint density at radius 2 is 1.62 bits per heavy atom. The highest BCUT2D eigenvalue weighted by Crippen LogP contribution is 2.47. The number of halogens is 3. The third-order valence-electron chi connectivity index (χ3n) is 4.95. The molecule has 0 N–H and O–H groups in total. The molecule has 0 saturated heterocycles. The Labute approximate surface area is 168 Å². The Balaban J connectivity index is 2.04. The number of benzene rings is 2. The van der Waals surface area contributed by atoms with Crippen LogP contribution in [-0.4, -0.2) is 27.2 Å². The molecule has 136 valence electrons. The lowest BCUT2D eigenvalue weighted by atomic mass is 9.72. The van der Waals surface area contributed by atoms with Gasteiger partial charge in [0.25, 0.3) is 0 Å². The summed E-state index contributed by atoms with van der Waals surface area (Å²) in [7, 11) is 0. The van der Waals surface area contributed by atoms with E-state index in [1.807, 2.05) is 36.4 Å². The van der Waals surface area contributed by atoms with E-state index >= 15 is 0 Å². The van der Waals surface area contributed by atoms with Gasteiger partial charge in [-0.3, -0.25) is 9.59 Å². The van der Waals surface area contributed by atoms with Crippen LogP contribution in [0, 0.1) is 0 Å². The molecule has 2 aromatic rings. The molecule has 1 aliphatic rings. The van der Waals surface area contributed by atoms with Crippen molar-refractivity contribution in [3.8, 4) is 0 Å². The standard InChI is InChI=1S/C21H19Cl3O2/c22-16-12-7-13-21(24,20(16)26)17(14-8-3-1-4-9-14)18(23)19(25)15-10-5-2-6-11-15/h1-6,8-11,16-18H,7,12-13H2. The van der Waals surface area contributed by atoms with Gasteiger partial charge < -0.3 is 0 Å². The Kier molecular flexibility index (Phi) is 6.06. The van der Waals surface area contributed by atoms with Crippen LogP contribution in [0.3, 0.4) is 0 Å². The van der Waals surface area contributed by atoms with Crippen LogP contribution in [0.2, 0.25) is 0 Å². The minimum Gasteiger partial charge on any atom is -0.296 e. The first-order valence-corrected chi connectivity index (χ1v) is 9.86. The van der Waals surface area contributed by atoms with Gasteiger partial charge in [0.15, 0.2) is 11.6 Å². The van der Waals surface area contributed by atoms with E-state index in [0.717, 1.165) is 12.0 Å². The Morgan fingerprint density at radius 1 is 1.04 bits per heavy atom. The highest BCUT2D eigenvalue weighted by molar-refractivity contribution is 6.45. The van der Waals surface area contributed by atoms with Crippen LogP contribution >= 0.6 is 34.8 Å². The average Bonchev–Trinajstić information content (AvgIpc) is 2.67. The fourth-order valence-corrected chi connectivity index (χ4v) is 5.07. The quantitative estimate of drug-likeness (QED) is 0.476. The summed E-state index contributed by atoms with van der Waals surface area (Å²) < 4.78 is 0. The first kappa shape index (κ1) is 19.4. The molecule has 4 atom stereocenters. The second-order valence-corrected chi connectivity index (χ2v) is 8.28. The van der Waals surface area contributed by atoms with E-state index in [2.05, 4.69) is 0 Å². The molecule has 5 heteroatoms. The zero-order valence-electron chi connectivity index (χ0n) is 14.1. The molecular formula is C21H19Cl3O2. The topological polar surface area (TPSA) is 34.1 Å². The van der Waals surface area contributed by atoms with E-state index < -0.39 is 21.5 Å². The molecule has 0 heterocycles. The molecule has 26 heavy (non-hydrogen) atoms. The maximum Gasteiger partial charge on any atom is 0.181 e. The van der Waals surface area contributed by atoms with Crippen molar-refractivity contribution in [1.29, 1.82) is 0 Å². The molecule has 0 spiro atoms. The zero-order chi connectivity index (χ0) is 18.7. The van der Waals surface area contributed by atoms with Gasteiger partial charge in [-0.05, 0) is 24.8 Å². The number of rotatable bonds is 5. The highest BCUT2D eigenvalue weighted by Gasteiger charge is 2.52. The van der Waals surface area contributed by atoms with Crippen LogP contribution < -0.4 is 0 Å². The van der Waals surface area contributed by atoms with Gasteiger partial charge in [0.2, 0.25) is 0 Å². The lowest BCUT2D eigenvalue weighted by Gasteiger charge is -2.40. The molecule has 3 rings (SSSR count). The molecule has 0 amide bonds. The van der Waals surface area contributed by atoms with Crippen molar-refractivity contribution in [1.82, 2.24) is 0 Å². The molecular weight excluding hydrogens is 391 g/mol. The van der Waals surface area contributed by atoms with Crippen LogP contribution in [0.15, 0.2) is 60.7 Å². The maximum atomic E-state index is 13.0. The molecule has 1 aliphatic carbocycles. The van der Waals surface area contributed by atoms with Crippen LogP contribution in [-0.2, 0) is 4.79 Å². The predicted molar refractivity (Wildman–Crippen MR) is 107 cm³/mol. The van der Waals surface area contributed by atoms with Gasteiger partial charge in [-0.1, -0.05) is 60.7 Å². The number of hydrogen-bond acceptors (Lipinski definition) is 2. The summed E-state index contributed by atoms with van der Waals surface area (Å²) in [6, 6.07) is 18.1. The number of hydrogen-bond donors (Lipinski definition) is 0. The first-order valence-electron chi connectivity index (χ1n) is 8.60. The van der Waals surface area contributed by atoms with E-state index in [-0.39, 0.29) is 11.6 Å². The third kappa shape index (κ3) is 3.69. The summed E-state index contributed by atoms with van der Waals surface area (Å²) in [5.74, 6) is -1.15. The van der Waals surface area contributed by atoms with E-state index in [0.29, 0.717) is 18.4 Å². The molecule has 4 unspecified atom stereocenters. The van der Waals surface area contributed by atoms with Gasteiger partial charge in [-0.2, -0.15) is 0 Å². The highest BCUT2D eigenvalue weighted by atomic mass is 35.5. The summed E-state index contributed by atoms with van der Waals surface area (Å²) in [5.41, 5.74) is 1.27. The van der Waals surface area contributed by atoms with Crippen molar-refractivity contribution in [3.63, 3.8) is 0 Å². The van der Waals surface area contributed by atoms with E-state index in [9.17, 15) is 9.59 Å². The number of Topliss-reactive ketones (excluding diaryl/α,β-unsaturated/α-hetero) is 2. The van der Waals surface area contributed by atoms with Gasteiger partial charge in [0, 0.05) is 11.5 Å². The number of alkyl halides is 3. The van der Waals surface area contributed by atoms with Gasteiger partial charge in [-0.15, -0.1) is 34.8 Å². The Bertz CT molecular complexity index is 778. The van der Waals surface area contributed by atoms with Crippen molar-refractivity contribution in [2.75, 3.05) is 0 Å². The first-order chi connectivity index (χ1) is 12.4. The molecule has 2 nitrogen and oxygen atoms in total. The van der Waals surface area contributed by atoms with Crippen molar-refractivity contribution in [2.45, 2.75) is 40.8 Å². The number of carbonyl (C=O) groups is 2. The van der Waals surface area contributed by atoms with Crippen molar-refractivity contribution >= 4 is 46.4 Å². The summed E-state index contributed by atoms with van der Waals surface area (Å²) in [6.07, 6.45) is 1.76.